The molecule has 18 heavy (non-hydrogen) atoms. The highest BCUT2D eigenvalue weighted by molar-refractivity contribution is 5.85. The van der Waals surface area contributed by atoms with Gasteiger partial charge in [0.05, 0.1) is 6.54 Å². The average molecular weight is 252 g/mol. The topological polar surface area (TPSA) is 78.4 Å². The lowest BCUT2D eigenvalue weighted by Crippen LogP contribution is -2.39. The van der Waals surface area contributed by atoms with E-state index in [0.717, 1.165) is 25.7 Å². The van der Waals surface area contributed by atoms with Crippen molar-refractivity contribution >= 4 is 11.8 Å². The van der Waals surface area contributed by atoms with Crippen molar-refractivity contribution < 1.29 is 14.8 Å². The van der Waals surface area contributed by atoms with Gasteiger partial charge in [-0.3, -0.25) is 14.8 Å². The summed E-state index contributed by atoms with van der Waals surface area (Å²) >= 11 is 0. The molecule has 1 rings (SSSR count). The Morgan fingerprint density at radius 2 is 2.00 bits per heavy atom. The zero-order chi connectivity index (χ0) is 13.4. The first-order valence-electron chi connectivity index (χ1n) is 6.33. The molecule has 0 bridgehead atoms. The summed E-state index contributed by atoms with van der Waals surface area (Å²) < 4.78 is 0. The molecule has 0 spiro atoms. The Bertz CT molecular complexity index is 330. The zero-order valence-electron chi connectivity index (χ0n) is 10.4. The van der Waals surface area contributed by atoms with Crippen molar-refractivity contribution in [2.75, 3.05) is 6.54 Å². The molecule has 1 atom stereocenters. The van der Waals surface area contributed by atoms with Crippen molar-refractivity contribution in [3.63, 3.8) is 0 Å². The van der Waals surface area contributed by atoms with Crippen LogP contribution in [0, 0.1) is 24.2 Å². The second-order valence-electron chi connectivity index (χ2n) is 4.67. The van der Waals surface area contributed by atoms with Crippen LogP contribution in [0.5, 0.6) is 0 Å². The Hall–Kier alpha value is -1.54. The summed E-state index contributed by atoms with van der Waals surface area (Å²) in [5, 5.41) is 11.2. The summed E-state index contributed by atoms with van der Waals surface area (Å²) in [5.41, 5.74) is 1.59. The SMILES string of the molecule is C#CCNC(=O)C(CC(=O)NO)C1CCCCC1. The Kier molecular flexibility index (Phi) is 6.23. The van der Waals surface area contributed by atoms with Gasteiger partial charge in [-0.1, -0.05) is 25.2 Å². The van der Waals surface area contributed by atoms with Crippen LogP contribution in [0.4, 0.5) is 0 Å². The Morgan fingerprint density at radius 1 is 1.33 bits per heavy atom. The molecule has 1 fully saturated rings. The normalized spacial score (nSPS) is 17.6. The molecule has 5 nitrogen and oxygen atoms in total. The fraction of sp³-hybridized carbons (Fsp3) is 0.692. The van der Waals surface area contributed by atoms with Crippen molar-refractivity contribution in [1.29, 1.82) is 0 Å². The maximum atomic E-state index is 12.0. The maximum absolute atomic E-state index is 12.0. The molecule has 0 heterocycles. The van der Waals surface area contributed by atoms with Gasteiger partial charge in [-0.2, -0.15) is 0 Å². The predicted molar refractivity (Wildman–Crippen MR) is 66.5 cm³/mol. The molecular weight excluding hydrogens is 232 g/mol. The van der Waals surface area contributed by atoms with Gasteiger partial charge < -0.3 is 5.32 Å². The van der Waals surface area contributed by atoms with Crippen LogP contribution in [-0.4, -0.2) is 23.6 Å². The summed E-state index contributed by atoms with van der Waals surface area (Å²) in [6.45, 7) is 0.169. The Balaban J connectivity index is 2.63. The molecule has 1 aliphatic rings. The molecule has 100 valence electrons. The third kappa shape index (κ3) is 4.38. The minimum atomic E-state index is -0.526. The molecule has 0 aromatic carbocycles. The highest BCUT2D eigenvalue weighted by Gasteiger charge is 2.31. The van der Waals surface area contributed by atoms with Crippen LogP contribution in [0.1, 0.15) is 38.5 Å². The van der Waals surface area contributed by atoms with E-state index >= 15 is 0 Å². The Labute approximate surface area is 107 Å². The van der Waals surface area contributed by atoms with Crippen molar-refractivity contribution in [2.24, 2.45) is 11.8 Å². The van der Waals surface area contributed by atoms with Crippen LogP contribution in [-0.2, 0) is 9.59 Å². The highest BCUT2D eigenvalue weighted by Crippen LogP contribution is 2.31. The van der Waals surface area contributed by atoms with E-state index in [1.54, 1.807) is 5.48 Å². The maximum Gasteiger partial charge on any atom is 0.244 e. The smallest absolute Gasteiger partial charge is 0.244 e. The van der Waals surface area contributed by atoms with Gasteiger partial charge in [-0.05, 0) is 18.8 Å². The van der Waals surface area contributed by atoms with Gasteiger partial charge in [0.2, 0.25) is 11.8 Å². The van der Waals surface area contributed by atoms with Crippen molar-refractivity contribution in [3.05, 3.63) is 0 Å². The van der Waals surface area contributed by atoms with E-state index in [1.807, 2.05) is 0 Å². The van der Waals surface area contributed by atoms with E-state index in [1.165, 1.54) is 6.42 Å². The number of carbonyl (C=O) groups excluding carboxylic acids is 2. The molecule has 0 aliphatic heterocycles. The molecular formula is C13H20N2O3. The summed E-state index contributed by atoms with van der Waals surface area (Å²) in [4.78, 5) is 23.2. The first-order valence-corrected chi connectivity index (χ1v) is 6.33. The second-order valence-corrected chi connectivity index (χ2v) is 4.67. The summed E-state index contributed by atoms with van der Waals surface area (Å²) in [6, 6.07) is 0. The van der Waals surface area contributed by atoms with Gasteiger partial charge in [0.15, 0.2) is 0 Å². The van der Waals surface area contributed by atoms with E-state index in [-0.39, 0.29) is 24.8 Å². The first kappa shape index (κ1) is 14.5. The van der Waals surface area contributed by atoms with E-state index in [4.69, 9.17) is 11.6 Å². The summed E-state index contributed by atoms with van der Waals surface area (Å²) in [7, 11) is 0. The van der Waals surface area contributed by atoms with Crippen LogP contribution in [0.3, 0.4) is 0 Å². The van der Waals surface area contributed by atoms with Crippen LogP contribution < -0.4 is 10.8 Å². The number of terminal acetylenes is 1. The molecule has 5 heteroatoms. The van der Waals surface area contributed by atoms with E-state index in [2.05, 4.69) is 11.2 Å². The van der Waals surface area contributed by atoms with Crippen LogP contribution in [0.15, 0.2) is 0 Å². The first-order chi connectivity index (χ1) is 8.69. The summed E-state index contributed by atoms with van der Waals surface area (Å²) in [5.74, 6) is 1.43. The quantitative estimate of drug-likeness (QED) is 0.385. The van der Waals surface area contributed by atoms with Crippen LogP contribution >= 0.6 is 0 Å². The third-order valence-electron chi connectivity index (χ3n) is 3.45. The number of carbonyl (C=O) groups is 2. The van der Waals surface area contributed by atoms with E-state index in [9.17, 15) is 9.59 Å². The monoisotopic (exact) mass is 252 g/mol. The zero-order valence-corrected chi connectivity index (χ0v) is 10.4. The lowest BCUT2D eigenvalue weighted by Gasteiger charge is -2.28. The van der Waals surface area contributed by atoms with Gasteiger partial charge in [-0.15, -0.1) is 6.42 Å². The molecule has 1 aliphatic carbocycles. The van der Waals surface area contributed by atoms with E-state index in [0.29, 0.717) is 0 Å². The highest BCUT2D eigenvalue weighted by atomic mass is 16.5. The summed E-state index contributed by atoms with van der Waals surface area (Å²) in [6.07, 6.45) is 10.4. The van der Waals surface area contributed by atoms with Gasteiger partial charge in [-0.25, -0.2) is 5.48 Å². The fourth-order valence-corrected chi connectivity index (χ4v) is 2.52. The second kappa shape index (κ2) is 7.72. The van der Waals surface area contributed by atoms with Crippen LogP contribution in [0.25, 0.3) is 0 Å². The molecule has 0 aromatic heterocycles. The molecule has 1 saturated carbocycles. The molecule has 2 amide bonds. The lowest BCUT2D eigenvalue weighted by molar-refractivity contribution is -0.136. The van der Waals surface area contributed by atoms with Crippen molar-refractivity contribution in [3.8, 4) is 12.3 Å². The van der Waals surface area contributed by atoms with Gasteiger partial charge >= 0.3 is 0 Å². The largest absolute Gasteiger partial charge is 0.345 e. The van der Waals surface area contributed by atoms with E-state index < -0.39 is 11.8 Å². The fourth-order valence-electron chi connectivity index (χ4n) is 2.52. The van der Waals surface area contributed by atoms with Gasteiger partial charge in [0.1, 0.15) is 0 Å². The van der Waals surface area contributed by atoms with Gasteiger partial charge in [0.25, 0.3) is 0 Å². The van der Waals surface area contributed by atoms with Crippen molar-refractivity contribution in [1.82, 2.24) is 10.8 Å². The van der Waals surface area contributed by atoms with Gasteiger partial charge in [0, 0.05) is 12.3 Å². The van der Waals surface area contributed by atoms with Crippen molar-refractivity contribution in [2.45, 2.75) is 38.5 Å². The number of hydroxylamine groups is 1. The average Bonchev–Trinajstić information content (AvgIpc) is 2.42. The minimum absolute atomic E-state index is 0.0115. The number of amides is 2. The molecule has 0 aromatic rings. The Morgan fingerprint density at radius 3 is 2.56 bits per heavy atom. The molecule has 0 radical (unpaired) electrons. The minimum Gasteiger partial charge on any atom is -0.345 e. The number of rotatable bonds is 5. The number of nitrogens with one attached hydrogen (secondary N) is 2. The molecule has 0 saturated heterocycles. The molecule has 1 unspecified atom stereocenters. The number of hydrogen-bond donors (Lipinski definition) is 3. The number of hydrogen-bond acceptors (Lipinski definition) is 3. The third-order valence-corrected chi connectivity index (χ3v) is 3.45. The lowest BCUT2D eigenvalue weighted by atomic mass is 9.78. The van der Waals surface area contributed by atoms with Crippen LogP contribution in [0.2, 0.25) is 0 Å². The predicted octanol–water partition coefficient (Wildman–Crippen LogP) is 0.828. The molecule has 3 N–H and O–H groups in total. The standard InChI is InChI=1S/C13H20N2O3/c1-2-8-14-13(17)11(9-12(16)15-18)10-6-4-3-5-7-10/h1,10-11,18H,3-9H2,(H,14,17)(H,15,16).